The lowest BCUT2D eigenvalue weighted by atomic mass is 10.1. The largest absolute Gasteiger partial charge is 0.481 e. The minimum absolute atomic E-state index is 0.0390. The maximum atomic E-state index is 12.9. The van der Waals surface area contributed by atoms with Crippen LogP contribution in [-0.2, 0) is 14.8 Å². The molecule has 2 N–H and O–H groups in total. The zero-order valence-electron chi connectivity index (χ0n) is 16.0. The molecule has 0 bridgehead atoms. The first-order valence-corrected chi connectivity index (χ1v) is 9.80. The standard InChI is InChI=1S/C19H22N2O6S/c1-12-8-9-16(13(2)18(12)27-11-17(22)23)28(25,26)20-15-7-5-6-14(10-15)19(24)21(3)4/h5-10,20H,11H2,1-4H3,(H,22,23). The van der Waals surface area contributed by atoms with Gasteiger partial charge < -0.3 is 14.7 Å². The van der Waals surface area contributed by atoms with Gasteiger partial charge in [0.25, 0.3) is 15.9 Å². The number of carbonyl (C=O) groups is 2. The zero-order chi connectivity index (χ0) is 21.1. The Kier molecular flexibility index (Phi) is 6.30. The van der Waals surface area contributed by atoms with Crippen LogP contribution in [0.4, 0.5) is 5.69 Å². The highest BCUT2D eigenvalue weighted by atomic mass is 32.2. The van der Waals surface area contributed by atoms with Crippen molar-refractivity contribution in [3.05, 3.63) is 53.1 Å². The van der Waals surface area contributed by atoms with Crippen LogP contribution in [0.3, 0.4) is 0 Å². The molecule has 0 aromatic heterocycles. The number of aryl methyl sites for hydroxylation is 1. The van der Waals surface area contributed by atoms with Crippen LogP contribution < -0.4 is 9.46 Å². The normalized spacial score (nSPS) is 11.0. The molecule has 0 atom stereocenters. The molecule has 0 heterocycles. The van der Waals surface area contributed by atoms with Crippen molar-refractivity contribution in [2.75, 3.05) is 25.4 Å². The van der Waals surface area contributed by atoms with Crippen LogP contribution in [0.1, 0.15) is 21.5 Å². The number of benzene rings is 2. The van der Waals surface area contributed by atoms with E-state index in [0.29, 0.717) is 16.7 Å². The van der Waals surface area contributed by atoms with Crippen LogP contribution in [0.15, 0.2) is 41.3 Å². The number of rotatable bonds is 7. The quantitative estimate of drug-likeness (QED) is 0.729. The average Bonchev–Trinajstić information content (AvgIpc) is 2.60. The van der Waals surface area contributed by atoms with Gasteiger partial charge in [-0.2, -0.15) is 0 Å². The van der Waals surface area contributed by atoms with Crippen molar-refractivity contribution in [1.29, 1.82) is 0 Å². The van der Waals surface area contributed by atoms with Crippen LogP contribution in [0.2, 0.25) is 0 Å². The van der Waals surface area contributed by atoms with Gasteiger partial charge in [-0.1, -0.05) is 12.1 Å². The van der Waals surface area contributed by atoms with Crippen molar-refractivity contribution in [2.45, 2.75) is 18.7 Å². The highest BCUT2D eigenvalue weighted by molar-refractivity contribution is 7.92. The van der Waals surface area contributed by atoms with E-state index in [1.165, 1.54) is 23.1 Å². The number of carboxylic acids is 1. The molecular weight excluding hydrogens is 384 g/mol. The van der Waals surface area contributed by atoms with E-state index in [-0.39, 0.29) is 22.2 Å². The van der Waals surface area contributed by atoms with E-state index in [0.717, 1.165) is 0 Å². The van der Waals surface area contributed by atoms with Gasteiger partial charge in [0.2, 0.25) is 0 Å². The molecule has 0 aliphatic carbocycles. The third kappa shape index (κ3) is 4.80. The van der Waals surface area contributed by atoms with Gasteiger partial charge in [-0.15, -0.1) is 0 Å². The summed E-state index contributed by atoms with van der Waals surface area (Å²) in [4.78, 5) is 24.2. The molecule has 2 aromatic rings. The number of anilines is 1. The summed E-state index contributed by atoms with van der Waals surface area (Å²) < 4.78 is 33.4. The average molecular weight is 406 g/mol. The monoisotopic (exact) mass is 406 g/mol. The van der Waals surface area contributed by atoms with Crippen molar-refractivity contribution in [2.24, 2.45) is 0 Å². The summed E-state index contributed by atoms with van der Waals surface area (Å²) in [7, 11) is -0.778. The molecule has 150 valence electrons. The van der Waals surface area contributed by atoms with Gasteiger partial charge in [0.15, 0.2) is 6.61 Å². The first-order valence-electron chi connectivity index (χ1n) is 8.32. The van der Waals surface area contributed by atoms with E-state index in [1.54, 1.807) is 46.1 Å². The number of aliphatic carboxylic acids is 1. The number of nitrogens with one attached hydrogen (secondary N) is 1. The third-order valence-corrected chi connectivity index (χ3v) is 5.48. The first-order chi connectivity index (χ1) is 13.0. The SMILES string of the molecule is Cc1ccc(S(=O)(=O)Nc2cccc(C(=O)N(C)C)c2)c(C)c1OCC(=O)O. The lowest BCUT2D eigenvalue weighted by Crippen LogP contribution is -2.22. The van der Waals surface area contributed by atoms with Gasteiger partial charge in [-0.05, 0) is 43.7 Å². The number of carbonyl (C=O) groups excluding carboxylic acids is 1. The fourth-order valence-corrected chi connectivity index (χ4v) is 3.93. The first kappa shape index (κ1) is 21.2. The Morgan fingerprint density at radius 3 is 2.43 bits per heavy atom. The van der Waals surface area contributed by atoms with Crippen molar-refractivity contribution in [1.82, 2.24) is 4.90 Å². The van der Waals surface area contributed by atoms with Gasteiger partial charge in [-0.25, -0.2) is 13.2 Å². The molecule has 0 spiro atoms. The Hall–Kier alpha value is -3.07. The maximum absolute atomic E-state index is 12.9. The lowest BCUT2D eigenvalue weighted by molar-refractivity contribution is -0.139. The summed E-state index contributed by atoms with van der Waals surface area (Å²) in [5.74, 6) is -1.20. The Labute approximate surface area is 163 Å². The number of hydrogen-bond acceptors (Lipinski definition) is 5. The Morgan fingerprint density at radius 1 is 1.14 bits per heavy atom. The summed E-state index contributed by atoms with van der Waals surface area (Å²) in [6.07, 6.45) is 0. The molecule has 2 rings (SSSR count). The molecule has 0 radical (unpaired) electrons. The van der Waals surface area contributed by atoms with Gasteiger partial charge in [0, 0.05) is 30.9 Å². The minimum atomic E-state index is -3.99. The summed E-state index contributed by atoms with van der Waals surface area (Å²) in [5, 5.41) is 8.80. The molecule has 8 nitrogen and oxygen atoms in total. The third-order valence-electron chi connectivity index (χ3n) is 3.95. The topological polar surface area (TPSA) is 113 Å². The summed E-state index contributed by atoms with van der Waals surface area (Å²) in [6, 6.07) is 9.13. The van der Waals surface area contributed by atoms with E-state index in [1.807, 2.05) is 0 Å². The van der Waals surface area contributed by atoms with Crippen LogP contribution >= 0.6 is 0 Å². The van der Waals surface area contributed by atoms with E-state index in [2.05, 4.69) is 4.72 Å². The van der Waals surface area contributed by atoms with Crippen molar-refractivity contribution < 1.29 is 27.9 Å². The molecule has 0 saturated carbocycles. The summed E-state index contributed by atoms with van der Waals surface area (Å²) >= 11 is 0. The summed E-state index contributed by atoms with van der Waals surface area (Å²) in [6.45, 7) is 2.67. The van der Waals surface area contributed by atoms with Gasteiger partial charge in [-0.3, -0.25) is 9.52 Å². The number of sulfonamides is 1. The number of amides is 1. The molecule has 0 fully saturated rings. The van der Waals surface area contributed by atoms with Gasteiger partial charge >= 0.3 is 5.97 Å². The van der Waals surface area contributed by atoms with Gasteiger partial charge in [0.1, 0.15) is 5.75 Å². The second-order valence-corrected chi connectivity index (χ2v) is 8.05. The van der Waals surface area contributed by atoms with Crippen molar-refractivity contribution in [3.8, 4) is 5.75 Å². The highest BCUT2D eigenvalue weighted by Crippen LogP contribution is 2.30. The molecule has 9 heteroatoms. The number of nitrogens with zero attached hydrogens (tertiary/aromatic N) is 1. The highest BCUT2D eigenvalue weighted by Gasteiger charge is 2.21. The Balaban J connectivity index is 2.38. The van der Waals surface area contributed by atoms with E-state index >= 15 is 0 Å². The van der Waals surface area contributed by atoms with E-state index < -0.39 is 22.6 Å². The molecule has 28 heavy (non-hydrogen) atoms. The molecule has 0 saturated heterocycles. The fraction of sp³-hybridized carbons (Fsp3) is 0.263. The zero-order valence-corrected chi connectivity index (χ0v) is 16.8. The second-order valence-electron chi connectivity index (χ2n) is 6.40. The fourth-order valence-electron chi connectivity index (χ4n) is 2.64. The molecule has 1 amide bonds. The predicted molar refractivity (Wildman–Crippen MR) is 104 cm³/mol. The smallest absolute Gasteiger partial charge is 0.341 e. The predicted octanol–water partition coefficient (Wildman–Crippen LogP) is 2.27. The maximum Gasteiger partial charge on any atom is 0.341 e. The van der Waals surface area contributed by atoms with Crippen molar-refractivity contribution in [3.63, 3.8) is 0 Å². The molecule has 2 aromatic carbocycles. The van der Waals surface area contributed by atoms with Crippen LogP contribution in [0.5, 0.6) is 5.75 Å². The summed E-state index contributed by atoms with van der Waals surface area (Å²) in [5.41, 5.74) is 1.50. The molecule has 0 unspecified atom stereocenters. The number of ether oxygens (including phenoxy) is 1. The van der Waals surface area contributed by atoms with Crippen LogP contribution in [0.25, 0.3) is 0 Å². The van der Waals surface area contributed by atoms with E-state index in [4.69, 9.17) is 9.84 Å². The molecule has 0 aliphatic heterocycles. The second kappa shape index (κ2) is 8.30. The van der Waals surface area contributed by atoms with Crippen LogP contribution in [0, 0.1) is 13.8 Å². The van der Waals surface area contributed by atoms with Crippen LogP contribution in [-0.4, -0.2) is 51.0 Å². The number of hydrogen-bond donors (Lipinski definition) is 2. The van der Waals surface area contributed by atoms with Gasteiger partial charge in [0.05, 0.1) is 4.90 Å². The minimum Gasteiger partial charge on any atom is -0.481 e. The molecular formula is C19H22N2O6S. The molecule has 0 aliphatic rings. The Morgan fingerprint density at radius 2 is 1.82 bits per heavy atom. The number of carboxylic acid groups (broad SMARTS) is 1. The Bertz CT molecular complexity index is 1020. The lowest BCUT2D eigenvalue weighted by Gasteiger charge is -2.16. The van der Waals surface area contributed by atoms with E-state index in [9.17, 15) is 18.0 Å². The van der Waals surface area contributed by atoms with Crippen molar-refractivity contribution >= 4 is 27.6 Å².